The fourth-order valence-electron chi connectivity index (χ4n) is 3.58. The molecule has 1 aromatic carbocycles. The number of urea groups is 1. The largest absolute Gasteiger partial charge is 0.390 e. The Morgan fingerprint density at radius 3 is 2.78 bits per heavy atom. The standard InChI is InChI=1S/C17H23N5O.H2/c1-11-6-7-12(8-15(11)16(19-2)20-10-18)21-17(23)22-13-4-3-5-14(22)9-13;/h6-8,10,13-14H,3-5,9H2,1-2H3,(H,21,23)(H2,18,19,20);1H. The Labute approximate surface area is 138 Å². The van der Waals surface area contributed by atoms with Gasteiger partial charge in [-0.15, -0.1) is 0 Å². The monoisotopic (exact) mass is 315 g/mol. The van der Waals surface area contributed by atoms with Gasteiger partial charge in [-0.1, -0.05) is 6.07 Å². The molecule has 23 heavy (non-hydrogen) atoms. The summed E-state index contributed by atoms with van der Waals surface area (Å²) in [6, 6.07) is 6.61. The Balaban J connectivity index is 0.00000208. The number of rotatable bonds is 2. The van der Waals surface area contributed by atoms with Crippen LogP contribution in [0.5, 0.6) is 0 Å². The van der Waals surface area contributed by atoms with Crippen LogP contribution in [0.15, 0.2) is 28.2 Å². The van der Waals surface area contributed by atoms with Crippen molar-refractivity contribution in [1.29, 1.82) is 0 Å². The van der Waals surface area contributed by atoms with E-state index in [1.165, 1.54) is 12.8 Å². The van der Waals surface area contributed by atoms with Gasteiger partial charge in [-0.2, -0.15) is 0 Å². The van der Waals surface area contributed by atoms with E-state index in [1.54, 1.807) is 7.05 Å². The number of nitrogens with one attached hydrogen (secondary N) is 1. The van der Waals surface area contributed by atoms with Crippen LogP contribution in [0.4, 0.5) is 10.5 Å². The van der Waals surface area contributed by atoms with Gasteiger partial charge in [0, 0.05) is 31.8 Å². The van der Waals surface area contributed by atoms with Crippen LogP contribution in [0.3, 0.4) is 0 Å². The third kappa shape index (κ3) is 2.93. The first kappa shape index (κ1) is 15.5. The quantitative estimate of drug-likeness (QED) is 0.650. The Hall–Kier alpha value is -2.37. The normalized spacial score (nSPS) is 23.7. The highest BCUT2D eigenvalue weighted by Crippen LogP contribution is 2.38. The van der Waals surface area contributed by atoms with Gasteiger partial charge in [0.25, 0.3) is 0 Å². The zero-order valence-corrected chi connectivity index (χ0v) is 13.6. The molecule has 0 aliphatic carbocycles. The number of aryl methyl sites for hydroxylation is 1. The molecule has 1 aromatic rings. The molecule has 2 heterocycles. The highest BCUT2D eigenvalue weighted by atomic mass is 16.2. The zero-order chi connectivity index (χ0) is 16.4. The summed E-state index contributed by atoms with van der Waals surface area (Å²) < 4.78 is 0. The van der Waals surface area contributed by atoms with Crippen LogP contribution < -0.4 is 11.1 Å². The van der Waals surface area contributed by atoms with Gasteiger partial charge in [-0.3, -0.25) is 4.99 Å². The number of amidine groups is 1. The first-order valence-corrected chi connectivity index (χ1v) is 8.05. The maximum Gasteiger partial charge on any atom is 0.322 e. The molecule has 124 valence electrons. The fourth-order valence-corrected chi connectivity index (χ4v) is 3.58. The molecule has 2 aliphatic rings. The molecule has 6 heteroatoms. The fraction of sp³-hybridized carbons (Fsp3) is 0.471. The van der Waals surface area contributed by atoms with E-state index in [0.29, 0.717) is 17.9 Å². The number of fused-ring (bicyclic) bond motifs is 2. The van der Waals surface area contributed by atoms with Crippen molar-refractivity contribution in [3.8, 4) is 0 Å². The van der Waals surface area contributed by atoms with E-state index in [1.807, 2.05) is 30.0 Å². The molecule has 0 spiro atoms. The minimum atomic E-state index is -0.00179. The average Bonchev–Trinajstić information content (AvgIpc) is 2.55. The van der Waals surface area contributed by atoms with E-state index < -0.39 is 0 Å². The van der Waals surface area contributed by atoms with E-state index in [9.17, 15) is 4.79 Å². The van der Waals surface area contributed by atoms with Crippen LogP contribution in [0.2, 0.25) is 0 Å². The van der Waals surface area contributed by atoms with Crippen LogP contribution in [0, 0.1) is 6.92 Å². The number of hydrogen-bond acceptors (Lipinski definition) is 2. The summed E-state index contributed by atoms with van der Waals surface area (Å²) in [6.45, 7) is 1.98. The van der Waals surface area contributed by atoms with Gasteiger partial charge in [0.1, 0.15) is 0 Å². The molecule has 0 radical (unpaired) electrons. The van der Waals surface area contributed by atoms with Gasteiger partial charge in [0.2, 0.25) is 0 Å². The van der Waals surface area contributed by atoms with Crippen molar-refractivity contribution in [3.05, 3.63) is 29.3 Å². The van der Waals surface area contributed by atoms with Crippen LogP contribution in [-0.2, 0) is 0 Å². The summed E-state index contributed by atoms with van der Waals surface area (Å²) in [5.74, 6) is 0.557. The van der Waals surface area contributed by atoms with E-state index in [4.69, 9.17) is 5.73 Å². The predicted molar refractivity (Wildman–Crippen MR) is 95.3 cm³/mol. The maximum absolute atomic E-state index is 12.5. The molecule has 3 N–H and O–H groups in total. The lowest BCUT2D eigenvalue weighted by atomic mass is 9.80. The van der Waals surface area contributed by atoms with Crippen LogP contribution in [-0.4, -0.2) is 42.2 Å². The highest BCUT2D eigenvalue weighted by molar-refractivity contribution is 6.05. The van der Waals surface area contributed by atoms with Crippen LogP contribution >= 0.6 is 0 Å². The van der Waals surface area contributed by atoms with Crippen molar-refractivity contribution in [2.24, 2.45) is 15.7 Å². The Kier molecular flexibility index (Phi) is 4.32. The summed E-state index contributed by atoms with van der Waals surface area (Å²) in [5.41, 5.74) is 8.05. The molecule has 2 amide bonds. The van der Waals surface area contributed by atoms with Gasteiger partial charge in [-0.05, 0) is 50.3 Å². The van der Waals surface area contributed by atoms with Crippen molar-refractivity contribution in [2.75, 3.05) is 12.4 Å². The summed E-state index contributed by atoms with van der Waals surface area (Å²) in [7, 11) is 1.67. The number of aliphatic imine (C=N–C) groups is 2. The second kappa shape index (κ2) is 6.40. The van der Waals surface area contributed by atoms with Crippen molar-refractivity contribution in [3.63, 3.8) is 0 Å². The molecular weight excluding hydrogens is 290 g/mol. The third-order valence-electron chi connectivity index (χ3n) is 4.78. The first-order chi connectivity index (χ1) is 11.1. The third-order valence-corrected chi connectivity index (χ3v) is 4.78. The molecule has 0 saturated carbocycles. The lowest BCUT2D eigenvalue weighted by Gasteiger charge is -2.52. The molecule has 2 unspecified atom stereocenters. The number of nitrogens with zero attached hydrogens (tertiary/aromatic N) is 3. The lowest BCUT2D eigenvalue weighted by Crippen LogP contribution is -2.62. The van der Waals surface area contributed by atoms with Gasteiger partial charge >= 0.3 is 6.03 Å². The summed E-state index contributed by atoms with van der Waals surface area (Å²) in [5, 5.41) is 3.01. The first-order valence-electron chi connectivity index (χ1n) is 8.05. The maximum atomic E-state index is 12.5. The molecular formula is C17H25N5O. The molecule has 0 aromatic heterocycles. The molecule has 6 nitrogen and oxygen atoms in total. The molecule has 2 bridgehead atoms. The van der Waals surface area contributed by atoms with Gasteiger partial charge in [0.15, 0.2) is 5.84 Å². The number of carbonyl (C=O) groups is 1. The highest BCUT2D eigenvalue weighted by Gasteiger charge is 2.44. The molecule has 3 rings (SSSR count). The zero-order valence-electron chi connectivity index (χ0n) is 13.6. The second-order valence-corrected chi connectivity index (χ2v) is 6.17. The number of hydrogen-bond donors (Lipinski definition) is 2. The van der Waals surface area contributed by atoms with E-state index in [0.717, 1.165) is 36.1 Å². The molecule has 2 saturated heterocycles. The number of piperidine rings is 1. The summed E-state index contributed by atoms with van der Waals surface area (Å²) in [6.07, 6.45) is 5.88. The van der Waals surface area contributed by atoms with Gasteiger partial charge < -0.3 is 16.0 Å². The molecule has 2 fully saturated rings. The predicted octanol–water partition coefficient (Wildman–Crippen LogP) is 2.76. The Morgan fingerprint density at radius 1 is 1.43 bits per heavy atom. The molecule has 2 aliphatic heterocycles. The number of amides is 2. The van der Waals surface area contributed by atoms with E-state index >= 15 is 0 Å². The summed E-state index contributed by atoms with van der Waals surface area (Å²) in [4.78, 5) is 22.7. The van der Waals surface area contributed by atoms with Crippen molar-refractivity contribution < 1.29 is 6.22 Å². The minimum Gasteiger partial charge on any atom is -0.390 e. The average molecular weight is 315 g/mol. The van der Waals surface area contributed by atoms with Crippen LogP contribution in [0.1, 0.15) is 38.2 Å². The number of benzene rings is 1. The minimum absolute atomic E-state index is 0. The Morgan fingerprint density at radius 2 is 2.17 bits per heavy atom. The SMILES string of the molecule is CN=C(N=CN)c1cc(NC(=O)N2C3CCCC2C3)ccc1C.[HH]. The summed E-state index contributed by atoms with van der Waals surface area (Å²) >= 11 is 0. The van der Waals surface area contributed by atoms with Crippen molar-refractivity contribution >= 4 is 23.9 Å². The smallest absolute Gasteiger partial charge is 0.322 e. The number of anilines is 1. The van der Waals surface area contributed by atoms with E-state index in [2.05, 4.69) is 15.3 Å². The van der Waals surface area contributed by atoms with Gasteiger partial charge in [-0.25, -0.2) is 9.79 Å². The number of nitrogens with two attached hydrogens (primary N) is 1. The number of carbonyl (C=O) groups excluding carboxylic acids is 1. The van der Waals surface area contributed by atoms with Crippen molar-refractivity contribution in [2.45, 2.75) is 44.7 Å². The molecule has 2 atom stereocenters. The topological polar surface area (TPSA) is 83.1 Å². The van der Waals surface area contributed by atoms with Crippen molar-refractivity contribution in [1.82, 2.24) is 4.90 Å². The lowest BCUT2D eigenvalue weighted by molar-refractivity contribution is 0.0173. The van der Waals surface area contributed by atoms with Crippen LogP contribution in [0.25, 0.3) is 0 Å². The van der Waals surface area contributed by atoms with Gasteiger partial charge in [0.05, 0.1) is 6.34 Å². The van der Waals surface area contributed by atoms with E-state index in [-0.39, 0.29) is 7.46 Å². The second-order valence-electron chi connectivity index (χ2n) is 6.17. The Bertz CT molecular complexity index is 659.